The second kappa shape index (κ2) is 9.78. The van der Waals surface area contributed by atoms with E-state index in [0.717, 1.165) is 38.1 Å². The number of aromatic nitrogens is 2. The van der Waals surface area contributed by atoms with Crippen molar-refractivity contribution < 1.29 is 4.79 Å². The van der Waals surface area contributed by atoms with Gasteiger partial charge in [0.2, 0.25) is 5.95 Å². The fourth-order valence-corrected chi connectivity index (χ4v) is 3.88. The number of benzene rings is 1. The van der Waals surface area contributed by atoms with Gasteiger partial charge in [0.1, 0.15) is 0 Å². The SMILES string of the molecule is O=C(NCCCSc1ccccc1)c1nc(N2CCCCC2)ncc1Cl. The highest BCUT2D eigenvalue weighted by Gasteiger charge is 2.18. The zero-order valence-electron chi connectivity index (χ0n) is 14.7. The zero-order valence-corrected chi connectivity index (χ0v) is 16.2. The van der Waals surface area contributed by atoms with E-state index in [2.05, 4.69) is 32.3 Å². The predicted molar refractivity (Wildman–Crippen MR) is 107 cm³/mol. The largest absolute Gasteiger partial charge is 0.351 e. The zero-order chi connectivity index (χ0) is 18.2. The molecule has 7 heteroatoms. The summed E-state index contributed by atoms with van der Waals surface area (Å²) in [6, 6.07) is 10.2. The first-order valence-corrected chi connectivity index (χ1v) is 10.3. The molecule has 0 spiro atoms. The lowest BCUT2D eigenvalue weighted by atomic mass is 10.1. The van der Waals surface area contributed by atoms with E-state index in [1.54, 1.807) is 11.8 Å². The molecule has 1 amide bonds. The average molecular weight is 391 g/mol. The summed E-state index contributed by atoms with van der Waals surface area (Å²) in [6.45, 7) is 2.46. The summed E-state index contributed by atoms with van der Waals surface area (Å²) in [5.41, 5.74) is 0.262. The number of halogens is 1. The van der Waals surface area contributed by atoms with Gasteiger partial charge in [0.15, 0.2) is 5.69 Å². The molecule has 0 atom stereocenters. The third-order valence-corrected chi connectivity index (χ3v) is 5.58. The molecule has 1 fully saturated rings. The first kappa shape index (κ1) is 19.0. The maximum absolute atomic E-state index is 12.4. The number of thioether (sulfide) groups is 1. The van der Waals surface area contributed by atoms with Crippen molar-refractivity contribution >= 4 is 35.2 Å². The Morgan fingerprint density at radius 2 is 1.96 bits per heavy atom. The van der Waals surface area contributed by atoms with Gasteiger partial charge in [0.05, 0.1) is 11.2 Å². The maximum Gasteiger partial charge on any atom is 0.271 e. The first-order valence-electron chi connectivity index (χ1n) is 8.97. The van der Waals surface area contributed by atoms with Crippen LogP contribution >= 0.6 is 23.4 Å². The lowest BCUT2D eigenvalue weighted by Crippen LogP contribution is -2.32. The minimum Gasteiger partial charge on any atom is -0.351 e. The third kappa shape index (κ3) is 5.35. The van der Waals surface area contributed by atoms with Gasteiger partial charge < -0.3 is 10.2 Å². The van der Waals surface area contributed by atoms with Crippen molar-refractivity contribution in [2.24, 2.45) is 0 Å². The van der Waals surface area contributed by atoms with Gasteiger partial charge in [0.25, 0.3) is 5.91 Å². The number of hydrogen-bond donors (Lipinski definition) is 1. The molecule has 2 aromatic rings. The van der Waals surface area contributed by atoms with Crippen molar-refractivity contribution in [3.63, 3.8) is 0 Å². The number of hydrogen-bond acceptors (Lipinski definition) is 5. The van der Waals surface area contributed by atoms with Crippen LogP contribution in [0.4, 0.5) is 5.95 Å². The summed E-state index contributed by atoms with van der Waals surface area (Å²) in [5.74, 6) is 1.31. The molecule has 0 radical (unpaired) electrons. The lowest BCUT2D eigenvalue weighted by molar-refractivity contribution is 0.0949. The predicted octanol–water partition coefficient (Wildman–Crippen LogP) is 4.03. The van der Waals surface area contributed by atoms with Gasteiger partial charge in [-0.15, -0.1) is 11.8 Å². The Kier molecular flexibility index (Phi) is 7.14. The molecule has 1 saturated heterocycles. The van der Waals surface area contributed by atoms with Crippen LogP contribution < -0.4 is 10.2 Å². The van der Waals surface area contributed by atoms with Crippen LogP contribution in [0.15, 0.2) is 41.4 Å². The molecule has 138 valence electrons. The number of carbonyl (C=O) groups excluding carboxylic acids is 1. The smallest absolute Gasteiger partial charge is 0.271 e. The Bertz CT molecular complexity index is 723. The minimum atomic E-state index is -0.236. The fraction of sp³-hybridized carbons (Fsp3) is 0.421. The molecule has 0 saturated carbocycles. The number of rotatable bonds is 7. The molecule has 2 heterocycles. The molecule has 0 bridgehead atoms. The fourth-order valence-electron chi connectivity index (χ4n) is 2.83. The van der Waals surface area contributed by atoms with Crippen molar-refractivity contribution in [1.82, 2.24) is 15.3 Å². The summed E-state index contributed by atoms with van der Waals surface area (Å²) < 4.78 is 0. The van der Waals surface area contributed by atoms with Crippen molar-refractivity contribution in [1.29, 1.82) is 0 Å². The van der Waals surface area contributed by atoms with Crippen LogP contribution in [0.1, 0.15) is 36.2 Å². The normalized spacial score (nSPS) is 14.3. The summed E-state index contributed by atoms with van der Waals surface area (Å²) in [7, 11) is 0. The average Bonchev–Trinajstić information content (AvgIpc) is 2.69. The second-order valence-electron chi connectivity index (χ2n) is 6.19. The van der Waals surface area contributed by atoms with Crippen molar-refractivity contribution in [2.75, 3.05) is 30.3 Å². The number of carbonyl (C=O) groups is 1. The molecule has 0 unspecified atom stereocenters. The molecule has 1 aliphatic rings. The Hall–Kier alpha value is -1.79. The van der Waals surface area contributed by atoms with Crippen LogP contribution in [0.5, 0.6) is 0 Å². The number of anilines is 1. The van der Waals surface area contributed by atoms with E-state index in [9.17, 15) is 4.79 Å². The number of nitrogens with one attached hydrogen (secondary N) is 1. The molecule has 1 aromatic carbocycles. The monoisotopic (exact) mass is 390 g/mol. The Morgan fingerprint density at radius 1 is 1.19 bits per heavy atom. The van der Waals surface area contributed by atoms with Gasteiger partial charge >= 0.3 is 0 Å². The molecular formula is C19H23ClN4OS. The van der Waals surface area contributed by atoms with Gasteiger partial charge in [-0.2, -0.15) is 0 Å². The highest BCUT2D eigenvalue weighted by atomic mass is 35.5. The third-order valence-electron chi connectivity index (χ3n) is 4.20. The van der Waals surface area contributed by atoms with Crippen molar-refractivity contribution in [3.8, 4) is 0 Å². The molecule has 26 heavy (non-hydrogen) atoms. The molecule has 3 rings (SSSR count). The van der Waals surface area contributed by atoms with E-state index >= 15 is 0 Å². The van der Waals surface area contributed by atoms with E-state index < -0.39 is 0 Å². The maximum atomic E-state index is 12.4. The van der Waals surface area contributed by atoms with Gasteiger partial charge in [0, 0.05) is 24.5 Å². The molecule has 1 aliphatic heterocycles. The number of nitrogens with zero attached hydrogens (tertiary/aromatic N) is 3. The summed E-state index contributed by atoms with van der Waals surface area (Å²) in [6.07, 6.45) is 5.91. The molecule has 1 aromatic heterocycles. The van der Waals surface area contributed by atoms with Gasteiger partial charge in [-0.25, -0.2) is 9.97 Å². The van der Waals surface area contributed by atoms with Crippen LogP contribution in [-0.2, 0) is 0 Å². The van der Waals surface area contributed by atoms with Crippen LogP contribution in [0.2, 0.25) is 5.02 Å². The Balaban J connectivity index is 1.49. The first-order chi connectivity index (χ1) is 12.7. The highest BCUT2D eigenvalue weighted by molar-refractivity contribution is 7.99. The van der Waals surface area contributed by atoms with E-state index in [1.165, 1.54) is 17.5 Å². The summed E-state index contributed by atoms with van der Waals surface area (Å²) in [4.78, 5) is 24.5. The Morgan fingerprint density at radius 3 is 2.73 bits per heavy atom. The molecule has 0 aliphatic carbocycles. The van der Waals surface area contributed by atoms with Crippen LogP contribution in [0, 0.1) is 0 Å². The molecule has 1 N–H and O–H groups in total. The summed E-state index contributed by atoms with van der Waals surface area (Å²) >= 11 is 7.92. The van der Waals surface area contributed by atoms with E-state index in [1.807, 2.05) is 18.2 Å². The van der Waals surface area contributed by atoms with Crippen LogP contribution in [-0.4, -0.2) is 41.3 Å². The Labute approximate surface area is 163 Å². The number of amides is 1. The van der Waals surface area contributed by atoms with Crippen molar-refractivity contribution in [2.45, 2.75) is 30.6 Å². The van der Waals surface area contributed by atoms with Crippen molar-refractivity contribution in [3.05, 3.63) is 47.2 Å². The number of piperidine rings is 1. The highest BCUT2D eigenvalue weighted by Crippen LogP contribution is 2.20. The minimum absolute atomic E-state index is 0.236. The molecule has 5 nitrogen and oxygen atoms in total. The van der Waals surface area contributed by atoms with Crippen LogP contribution in [0.25, 0.3) is 0 Å². The standard InChI is InChI=1S/C19H23ClN4OS/c20-16-14-22-19(24-11-5-2-6-12-24)23-17(16)18(25)21-10-7-13-26-15-8-3-1-4-9-15/h1,3-4,8-9,14H,2,5-7,10-13H2,(H,21,25). The van der Waals surface area contributed by atoms with E-state index in [0.29, 0.717) is 17.5 Å². The quantitative estimate of drug-likeness (QED) is 0.571. The van der Waals surface area contributed by atoms with E-state index in [4.69, 9.17) is 11.6 Å². The summed E-state index contributed by atoms with van der Waals surface area (Å²) in [5, 5.41) is 3.20. The van der Waals surface area contributed by atoms with Gasteiger partial charge in [-0.1, -0.05) is 29.8 Å². The van der Waals surface area contributed by atoms with Gasteiger partial charge in [-0.3, -0.25) is 4.79 Å². The topological polar surface area (TPSA) is 58.1 Å². The van der Waals surface area contributed by atoms with Crippen LogP contribution in [0.3, 0.4) is 0 Å². The van der Waals surface area contributed by atoms with E-state index in [-0.39, 0.29) is 11.6 Å². The molecular weight excluding hydrogens is 368 g/mol. The van der Waals surface area contributed by atoms with Gasteiger partial charge in [-0.05, 0) is 43.6 Å². The second-order valence-corrected chi connectivity index (χ2v) is 7.76. The lowest BCUT2D eigenvalue weighted by Gasteiger charge is -2.26.